The van der Waals surface area contributed by atoms with E-state index in [1.807, 2.05) is 60.7 Å². The van der Waals surface area contributed by atoms with Gasteiger partial charge in [-0.2, -0.15) is 0 Å². The van der Waals surface area contributed by atoms with Gasteiger partial charge in [0.15, 0.2) is 0 Å². The van der Waals surface area contributed by atoms with Crippen molar-refractivity contribution in [2.45, 2.75) is 44.2 Å². The van der Waals surface area contributed by atoms with Crippen molar-refractivity contribution < 1.29 is 14.7 Å². The molecule has 4 heteroatoms. The maximum absolute atomic E-state index is 13.3. The summed E-state index contributed by atoms with van der Waals surface area (Å²) in [6.45, 7) is 0.274. The van der Waals surface area contributed by atoms with E-state index in [2.05, 4.69) is 0 Å². The summed E-state index contributed by atoms with van der Waals surface area (Å²) in [5, 5.41) is 11.2. The van der Waals surface area contributed by atoms with Crippen LogP contribution in [0.2, 0.25) is 0 Å². The molecule has 1 saturated heterocycles. The summed E-state index contributed by atoms with van der Waals surface area (Å²) in [7, 11) is 0. The lowest BCUT2D eigenvalue weighted by Crippen LogP contribution is -2.43. The molecule has 27 heavy (non-hydrogen) atoms. The number of nitrogens with zero attached hydrogens (tertiary/aromatic N) is 1. The fraction of sp³-hybridized carbons (Fsp3) is 0.391. The zero-order valence-electron chi connectivity index (χ0n) is 15.4. The number of likely N-dealkylation sites (tertiary alicyclic amines) is 1. The molecule has 2 atom stereocenters. The van der Waals surface area contributed by atoms with Gasteiger partial charge in [-0.3, -0.25) is 14.5 Å². The normalized spacial score (nSPS) is 24.6. The molecule has 1 saturated carbocycles. The Kier molecular flexibility index (Phi) is 4.83. The monoisotopic (exact) mass is 363 g/mol. The van der Waals surface area contributed by atoms with E-state index in [4.69, 9.17) is 0 Å². The summed E-state index contributed by atoms with van der Waals surface area (Å²) in [4.78, 5) is 27.9. The Hall–Kier alpha value is -2.46. The lowest BCUT2D eigenvalue weighted by Gasteiger charge is -2.31. The molecule has 1 heterocycles. The molecule has 0 aromatic heterocycles. The molecule has 2 aromatic carbocycles. The summed E-state index contributed by atoms with van der Waals surface area (Å²) in [5.41, 5.74) is 0.894. The van der Waals surface area contributed by atoms with Crippen LogP contribution in [-0.4, -0.2) is 27.4 Å². The van der Waals surface area contributed by atoms with E-state index < -0.39 is 17.4 Å². The van der Waals surface area contributed by atoms with Crippen molar-refractivity contribution in [3.05, 3.63) is 71.8 Å². The van der Waals surface area contributed by atoms with Crippen LogP contribution in [0.4, 0.5) is 0 Å². The Labute approximate surface area is 159 Å². The zero-order valence-corrected chi connectivity index (χ0v) is 15.4. The fourth-order valence-electron chi connectivity index (χ4n) is 4.69. The Morgan fingerprint density at radius 3 is 2.00 bits per heavy atom. The van der Waals surface area contributed by atoms with Crippen LogP contribution in [0.3, 0.4) is 0 Å². The highest BCUT2D eigenvalue weighted by Gasteiger charge is 2.57. The van der Waals surface area contributed by atoms with E-state index in [-0.39, 0.29) is 18.4 Å². The second-order valence-corrected chi connectivity index (χ2v) is 7.83. The minimum absolute atomic E-state index is 0.155. The summed E-state index contributed by atoms with van der Waals surface area (Å²) in [6.07, 6.45) is 3.50. The first-order valence-electron chi connectivity index (χ1n) is 9.74. The van der Waals surface area contributed by atoms with Gasteiger partial charge < -0.3 is 5.11 Å². The largest absolute Gasteiger partial charge is 0.389 e. The number of imide groups is 1. The van der Waals surface area contributed by atoms with Crippen molar-refractivity contribution in [1.82, 2.24) is 4.90 Å². The predicted molar refractivity (Wildman–Crippen MR) is 103 cm³/mol. The number of carbonyl (C=O) groups excluding carboxylic acids is 2. The Morgan fingerprint density at radius 2 is 1.41 bits per heavy atom. The van der Waals surface area contributed by atoms with Crippen molar-refractivity contribution in [2.24, 2.45) is 11.8 Å². The molecule has 4 nitrogen and oxygen atoms in total. The number of hydrogen-bond acceptors (Lipinski definition) is 3. The average Bonchev–Trinajstić information content (AvgIpc) is 3.22. The van der Waals surface area contributed by atoms with Crippen LogP contribution in [0.25, 0.3) is 0 Å². The molecule has 4 rings (SSSR count). The van der Waals surface area contributed by atoms with Crippen LogP contribution < -0.4 is 0 Å². The minimum Gasteiger partial charge on any atom is -0.389 e. The molecule has 2 amide bonds. The molecular weight excluding hydrogens is 338 g/mol. The molecule has 1 aliphatic carbocycles. The van der Waals surface area contributed by atoms with E-state index in [9.17, 15) is 14.7 Å². The van der Waals surface area contributed by atoms with E-state index in [0.717, 1.165) is 24.0 Å². The number of carbonyl (C=O) groups is 2. The first-order chi connectivity index (χ1) is 13.1. The van der Waals surface area contributed by atoms with Crippen LogP contribution in [-0.2, 0) is 22.6 Å². The van der Waals surface area contributed by atoms with Gasteiger partial charge in [-0.25, -0.2) is 0 Å². The van der Waals surface area contributed by atoms with Gasteiger partial charge in [-0.05, 0) is 30.4 Å². The van der Waals surface area contributed by atoms with Gasteiger partial charge in [0.05, 0.1) is 24.0 Å². The van der Waals surface area contributed by atoms with Crippen molar-refractivity contribution in [2.75, 3.05) is 0 Å². The maximum Gasteiger partial charge on any atom is 0.236 e. The van der Waals surface area contributed by atoms with Gasteiger partial charge in [-0.1, -0.05) is 73.5 Å². The molecular formula is C23H25NO3. The van der Waals surface area contributed by atoms with Crippen molar-refractivity contribution in [3.63, 3.8) is 0 Å². The smallest absolute Gasteiger partial charge is 0.236 e. The molecule has 2 fully saturated rings. The third-order valence-corrected chi connectivity index (χ3v) is 6.05. The Bertz CT molecular complexity index is 812. The van der Waals surface area contributed by atoms with Gasteiger partial charge in [-0.15, -0.1) is 0 Å². The highest BCUT2D eigenvalue weighted by atomic mass is 16.3. The van der Waals surface area contributed by atoms with Crippen LogP contribution in [0.15, 0.2) is 60.7 Å². The summed E-state index contributed by atoms with van der Waals surface area (Å²) >= 11 is 0. The van der Waals surface area contributed by atoms with Crippen molar-refractivity contribution in [3.8, 4) is 0 Å². The average molecular weight is 363 g/mol. The first-order valence-corrected chi connectivity index (χ1v) is 9.74. The zero-order chi connectivity index (χ0) is 18.9. The van der Waals surface area contributed by atoms with Gasteiger partial charge in [0.1, 0.15) is 0 Å². The van der Waals surface area contributed by atoms with Crippen molar-refractivity contribution >= 4 is 11.8 Å². The van der Waals surface area contributed by atoms with E-state index >= 15 is 0 Å². The highest BCUT2D eigenvalue weighted by Crippen LogP contribution is 2.45. The molecule has 0 unspecified atom stereocenters. The lowest BCUT2D eigenvalue weighted by atomic mass is 9.76. The van der Waals surface area contributed by atoms with Crippen LogP contribution in [0.1, 0.15) is 36.8 Å². The lowest BCUT2D eigenvalue weighted by molar-refractivity contribution is -0.143. The second kappa shape index (κ2) is 7.28. The van der Waals surface area contributed by atoms with E-state index in [1.165, 1.54) is 4.90 Å². The van der Waals surface area contributed by atoms with Gasteiger partial charge >= 0.3 is 0 Å². The van der Waals surface area contributed by atoms with Gasteiger partial charge in [0.25, 0.3) is 0 Å². The molecule has 0 radical (unpaired) electrons. The van der Waals surface area contributed by atoms with E-state index in [0.29, 0.717) is 19.3 Å². The summed E-state index contributed by atoms with van der Waals surface area (Å²) in [5.74, 6) is -1.50. The maximum atomic E-state index is 13.3. The Balaban J connectivity index is 1.65. The number of aliphatic hydroxyl groups is 1. The van der Waals surface area contributed by atoms with Crippen LogP contribution >= 0.6 is 0 Å². The molecule has 2 aromatic rings. The molecule has 1 N–H and O–H groups in total. The van der Waals surface area contributed by atoms with Gasteiger partial charge in [0.2, 0.25) is 11.8 Å². The van der Waals surface area contributed by atoms with Crippen molar-refractivity contribution in [1.29, 1.82) is 0 Å². The van der Waals surface area contributed by atoms with Gasteiger partial charge in [0, 0.05) is 0 Å². The first kappa shape index (κ1) is 17.9. The van der Waals surface area contributed by atoms with Crippen LogP contribution in [0.5, 0.6) is 0 Å². The number of amides is 2. The second-order valence-electron chi connectivity index (χ2n) is 7.83. The SMILES string of the molecule is O=C1[C@@H](Cc2ccccc2)[C@H](C2(O)CCCC2)C(=O)N1Cc1ccccc1. The van der Waals surface area contributed by atoms with E-state index in [1.54, 1.807) is 0 Å². The summed E-state index contributed by atoms with van der Waals surface area (Å²) in [6, 6.07) is 19.4. The summed E-state index contributed by atoms with van der Waals surface area (Å²) < 4.78 is 0. The quantitative estimate of drug-likeness (QED) is 0.829. The molecule has 2 aliphatic rings. The standard InChI is InChI=1S/C23H25NO3/c25-21-19(15-17-9-3-1-4-10-17)20(23(27)13-7-8-14-23)22(26)24(21)16-18-11-5-2-6-12-18/h1-6,9-12,19-20,27H,7-8,13-16H2/t19-,20-/m0/s1. The molecule has 0 bridgehead atoms. The molecule has 0 spiro atoms. The number of hydrogen-bond donors (Lipinski definition) is 1. The molecule has 1 aliphatic heterocycles. The number of benzene rings is 2. The number of rotatable bonds is 5. The minimum atomic E-state index is -1.06. The highest BCUT2D eigenvalue weighted by molar-refractivity contribution is 6.05. The fourth-order valence-corrected chi connectivity index (χ4v) is 4.69. The Morgan fingerprint density at radius 1 is 0.852 bits per heavy atom. The van der Waals surface area contributed by atoms with Crippen LogP contribution in [0, 0.1) is 11.8 Å². The third-order valence-electron chi connectivity index (χ3n) is 6.05. The predicted octanol–water partition coefficient (Wildman–Crippen LogP) is 3.34. The topological polar surface area (TPSA) is 57.6 Å². The molecule has 140 valence electrons. The third kappa shape index (κ3) is 3.42.